The summed E-state index contributed by atoms with van der Waals surface area (Å²) < 4.78 is 0. The van der Waals surface area contributed by atoms with Gasteiger partial charge in [0.05, 0.1) is 6.54 Å². The van der Waals surface area contributed by atoms with Crippen molar-refractivity contribution in [3.63, 3.8) is 0 Å². The molecule has 0 aromatic heterocycles. The van der Waals surface area contributed by atoms with Crippen LogP contribution in [0.4, 0.5) is 0 Å². The Hall–Kier alpha value is -0.850. The molecular weight excluding hydrogens is 366 g/mol. The van der Waals surface area contributed by atoms with Gasteiger partial charge in [0.1, 0.15) is 0 Å². The van der Waals surface area contributed by atoms with Crippen LogP contribution in [0.25, 0.3) is 0 Å². The van der Waals surface area contributed by atoms with Crippen molar-refractivity contribution in [3.05, 3.63) is 0 Å². The average Bonchev–Trinajstić information content (AvgIpc) is 2.85. The maximum absolute atomic E-state index is 12.8. The van der Waals surface area contributed by atoms with Crippen molar-refractivity contribution in [2.45, 2.75) is 45.4 Å². The number of likely N-dealkylation sites (tertiary alicyclic amines) is 3. The summed E-state index contributed by atoms with van der Waals surface area (Å²) in [5, 5.41) is 9.39. The number of carbonyl (C=O) groups is 2. The molecule has 3 saturated heterocycles. The van der Waals surface area contributed by atoms with Crippen molar-refractivity contribution in [3.8, 4) is 0 Å². The third-order valence-corrected chi connectivity index (χ3v) is 6.55. The normalized spacial score (nSPS) is 27.9. The van der Waals surface area contributed by atoms with E-state index >= 15 is 0 Å². The van der Waals surface area contributed by atoms with E-state index in [1.165, 1.54) is 12.8 Å². The first-order valence-electron chi connectivity index (χ1n) is 10.5. The number of aliphatic hydroxyl groups is 1. The topological polar surface area (TPSA) is 64.1 Å². The Morgan fingerprint density at radius 1 is 0.926 bits per heavy atom. The maximum atomic E-state index is 12.8. The van der Waals surface area contributed by atoms with Crippen LogP contribution in [0.15, 0.2) is 0 Å². The third kappa shape index (κ3) is 5.81. The quantitative estimate of drug-likeness (QED) is 0.777. The summed E-state index contributed by atoms with van der Waals surface area (Å²) in [5.74, 6) is 1.34. The minimum atomic E-state index is 0. The molecule has 27 heavy (non-hydrogen) atoms. The van der Waals surface area contributed by atoms with Crippen molar-refractivity contribution in [2.24, 2.45) is 17.8 Å². The van der Waals surface area contributed by atoms with Crippen LogP contribution in [0, 0.1) is 17.8 Å². The maximum Gasteiger partial charge on any atom is 0.236 e. The number of carbonyl (C=O) groups excluding carboxylic acids is 2. The highest BCUT2D eigenvalue weighted by Gasteiger charge is 2.33. The van der Waals surface area contributed by atoms with E-state index in [0.29, 0.717) is 37.4 Å². The second-order valence-electron chi connectivity index (χ2n) is 8.51. The Bertz CT molecular complexity index is 489. The molecule has 3 aliphatic rings. The van der Waals surface area contributed by atoms with Crippen LogP contribution in [0.2, 0.25) is 0 Å². The van der Waals surface area contributed by atoms with Gasteiger partial charge in [0, 0.05) is 51.8 Å². The summed E-state index contributed by atoms with van der Waals surface area (Å²) in [4.78, 5) is 31.5. The Morgan fingerprint density at radius 2 is 1.56 bits per heavy atom. The molecule has 0 aliphatic carbocycles. The molecule has 1 N–H and O–H groups in total. The van der Waals surface area contributed by atoms with Gasteiger partial charge in [0.2, 0.25) is 11.8 Å². The first-order chi connectivity index (χ1) is 12.6. The fourth-order valence-corrected chi connectivity index (χ4v) is 4.73. The number of piperidine rings is 1. The number of rotatable bonds is 4. The first kappa shape index (κ1) is 22.4. The van der Waals surface area contributed by atoms with Crippen LogP contribution < -0.4 is 0 Å². The second kappa shape index (κ2) is 10.6. The molecule has 0 bridgehead atoms. The summed E-state index contributed by atoms with van der Waals surface area (Å²) in [6, 6.07) is 0. The highest BCUT2D eigenvalue weighted by Crippen LogP contribution is 2.24. The largest absolute Gasteiger partial charge is 0.396 e. The summed E-state index contributed by atoms with van der Waals surface area (Å²) in [5.41, 5.74) is 0. The lowest BCUT2D eigenvalue weighted by Gasteiger charge is -2.34. The summed E-state index contributed by atoms with van der Waals surface area (Å²) in [6.07, 6.45) is 6.35. The smallest absolute Gasteiger partial charge is 0.236 e. The molecular formula is C20H36ClN3O3. The van der Waals surface area contributed by atoms with Gasteiger partial charge < -0.3 is 14.9 Å². The molecule has 2 atom stereocenters. The molecule has 0 spiro atoms. The molecule has 0 radical (unpaired) electrons. The zero-order valence-electron chi connectivity index (χ0n) is 16.6. The Balaban J connectivity index is 0.00000261. The van der Waals surface area contributed by atoms with Crippen LogP contribution in [0.5, 0.6) is 0 Å². The number of nitrogens with zero attached hydrogens (tertiary/aromatic N) is 3. The van der Waals surface area contributed by atoms with Gasteiger partial charge in [-0.2, -0.15) is 0 Å². The molecule has 0 saturated carbocycles. The lowest BCUT2D eigenvalue weighted by atomic mass is 9.95. The molecule has 3 aliphatic heterocycles. The molecule has 156 valence electrons. The molecule has 3 fully saturated rings. The van der Waals surface area contributed by atoms with Gasteiger partial charge in [-0.1, -0.05) is 19.8 Å². The second-order valence-corrected chi connectivity index (χ2v) is 8.51. The zero-order valence-corrected chi connectivity index (χ0v) is 17.5. The Labute approximate surface area is 169 Å². The number of aliphatic hydroxyl groups excluding tert-OH is 1. The average molecular weight is 402 g/mol. The standard InChI is InChI=1S/C20H35N3O3.ClH/c1-16-12-21(13-18(16)15-24)14-19(25)22-10-6-17(7-11-22)20(26)23-8-4-2-3-5-9-23;/h16-18,24H,2-15H2,1H3;1H/t16-,18+;/m1./s1. The van der Waals surface area contributed by atoms with Gasteiger partial charge >= 0.3 is 0 Å². The Morgan fingerprint density at radius 3 is 2.11 bits per heavy atom. The van der Waals surface area contributed by atoms with Crippen LogP contribution in [0.3, 0.4) is 0 Å². The zero-order chi connectivity index (χ0) is 18.5. The molecule has 0 unspecified atom stereocenters. The van der Waals surface area contributed by atoms with Crippen molar-refractivity contribution < 1.29 is 14.7 Å². The summed E-state index contributed by atoms with van der Waals surface area (Å²) >= 11 is 0. The summed E-state index contributed by atoms with van der Waals surface area (Å²) in [6.45, 7) is 7.74. The molecule has 2 amide bonds. The predicted octanol–water partition coefficient (Wildman–Crippen LogP) is 1.61. The number of halogens is 1. The van der Waals surface area contributed by atoms with Gasteiger partial charge in [0.25, 0.3) is 0 Å². The predicted molar refractivity (Wildman–Crippen MR) is 108 cm³/mol. The Kier molecular flexibility index (Phi) is 8.83. The van der Waals surface area contributed by atoms with Gasteiger partial charge in [-0.3, -0.25) is 14.5 Å². The minimum Gasteiger partial charge on any atom is -0.396 e. The molecule has 7 heteroatoms. The highest BCUT2D eigenvalue weighted by atomic mass is 35.5. The van der Waals surface area contributed by atoms with Crippen LogP contribution in [-0.4, -0.2) is 84.0 Å². The van der Waals surface area contributed by atoms with E-state index in [0.717, 1.165) is 51.9 Å². The van der Waals surface area contributed by atoms with Crippen LogP contribution >= 0.6 is 12.4 Å². The van der Waals surface area contributed by atoms with Gasteiger partial charge in [-0.25, -0.2) is 0 Å². The van der Waals surface area contributed by atoms with Crippen molar-refractivity contribution >= 4 is 24.2 Å². The van der Waals surface area contributed by atoms with E-state index < -0.39 is 0 Å². The van der Waals surface area contributed by atoms with Crippen molar-refractivity contribution in [1.29, 1.82) is 0 Å². The van der Waals surface area contributed by atoms with E-state index in [-0.39, 0.29) is 30.8 Å². The van der Waals surface area contributed by atoms with Gasteiger partial charge in [-0.15, -0.1) is 12.4 Å². The monoisotopic (exact) mass is 401 g/mol. The van der Waals surface area contributed by atoms with Crippen LogP contribution in [-0.2, 0) is 9.59 Å². The van der Waals surface area contributed by atoms with Gasteiger partial charge in [0.15, 0.2) is 0 Å². The third-order valence-electron chi connectivity index (χ3n) is 6.55. The fraction of sp³-hybridized carbons (Fsp3) is 0.900. The van der Waals surface area contributed by atoms with E-state index in [1.807, 2.05) is 4.90 Å². The lowest BCUT2D eigenvalue weighted by molar-refractivity contribution is -0.141. The lowest BCUT2D eigenvalue weighted by Crippen LogP contribution is -2.47. The number of amides is 2. The van der Waals surface area contributed by atoms with E-state index in [1.54, 1.807) is 0 Å². The molecule has 0 aromatic rings. The van der Waals surface area contributed by atoms with E-state index in [4.69, 9.17) is 0 Å². The molecule has 6 nitrogen and oxygen atoms in total. The van der Waals surface area contributed by atoms with E-state index in [9.17, 15) is 14.7 Å². The number of hydrogen-bond acceptors (Lipinski definition) is 4. The van der Waals surface area contributed by atoms with E-state index in [2.05, 4.69) is 16.7 Å². The highest BCUT2D eigenvalue weighted by molar-refractivity contribution is 5.85. The van der Waals surface area contributed by atoms with Crippen LogP contribution in [0.1, 0.15) is 45.4 Å². The molecule has 3 heterocycles. The fourth-order valence-electron chi connectivity index (χ4n) is 4.73. The SMILES string of the molecule is C[C@@H]1CN(CC(=O)N2CCC(C(=O)N3CCCCCC3)CC2)C[C@H]1CO.Cl. The van der Waals surface area contributed by atoms with Crippen molar-refractivity contribution in [2.75, 3.05) is 52.4 Å². The summed E-state index contributed by atoms with van der Waals surface area (Å²) in [7, 11) is 0. The number of hydrogen-bond donors (Lipinski definition) is 1. The van der Waals surface area contributed by atoms with Crippen molar-refractivity contribution in [1.82, 2.24) is 14.7 Å². The van der Waals surface area contributed by atoms with Gasteiger partial charge in [-0.05, 0) is 37.5 Å². The first-order valence-corrected chi connectivity index (χ1v) is 10.5. The minimum absolute atomic E-state index is 0. The molecule has 0 aromatic carbocycles. The molecule has 3 rings (SSSR count).